The van der Waals surface area contributed by atoms with E-state index in [0.717, 1.165) is 0 Å². The van der Waals surface area contributed by atoms with Gasteiger partial charge in [-0.25, -0.2) is 0 Å². The number of anilines is 1. The van der Waals surface area contributed by atoms with Crippen LogP contribution in [0.25, 0.3) is 6.08 Å². The lowest BCUT2D eigenvalue weighted by Gasteiger charge is -2.10. The molecule has 6 heteroatoms. The van der Waals surface area contributed by atoms with Crippen molar-refractivity contribution in [1.29, 1.82) is 5.26 Å². The standard InChI is InChI=1S/C24H20N2O4/c1-28-22-12-11-19(15-23(22)29-2)26-24(27)18(16-25)13-17-7-6-10-21(14-17)30-20-8-4-3-5-9-20/h3-15H,1-2H3,(H,26,27)/b18-13+. The lowest BCUT2D eigenvalue weighted by molar-refractivity contribution is -0.112. The van der Waals surface area contributed by atoms with E-state index >= 15 is 0 Å². The summed E-state index contributed by atoms with van der Waals surface area (Å²) in [7, 11) is 3.04. The maximum Gasteiger partial charge on any atom is 0.266 e. The molecular weight excluding hydrogens is 380 g/mol. The van der Waals surface area contributed by atoms with Crippen LogP contribution >= 0.6 is 0 Å². The fourth-order valence-corrected chi connectivity index (χ4v) is 2.72. The highest BCUT2D eigenvalue weighted by Crippen LogP contribution is 2.30. The molecule has 0 aliphatic heterocycles. The Hall–Kier alpha value is -4.24. The molecular formula is C24H20N2O4. The molecule has 3 aromatic rings. The van der Waals surface area contributed by atoms with E-state index in [2.05, 4.69) is 5.32 Å². The predicted octanol–water partition coefficient (Wildman–Crippen LogP) is 5.04. The van der Waals surface area contributed by atoms with Crippen LogP contribution in [-0.4, -0.2) is 20.1 Å². The van der Waals surface area contributed by atoms with Gasteiger partial charge in [-0.15, -0.1) is 0 Å². The average molecular weight is 400 g/mol. The van der Waals surface area contributed by atoms with Crippen LogP contribution in [0, 0.1) is 11.3 Å². The molecule has 0 saturated carbocycles. The summed E-state index contributed by atoms with van der Waals surface area (Å²) in [5.74, 6) is 1.79. The molecule has 0 aliphatic rings. The van der Waals surface area contributed by atoms with Crippen LogP contribution in [0.1, 0.15) is 5.56 Å². The summed E-state index contributed by atoms with van der Waals surface area (Å²) in [5.41, 5.74) is 1.11. The lowest BCUT2D eigenvalue weighted by atomic mass is 10.1. The smallest absolute Gasteiger partial charge is 0.266 e. The van der Waals surface area contributed by atoms with Crippen LogP contribution in [-0.2, 0) is 4.79 Å². The van der Waals surface area contributed by atoms with E-state index in [4.69, 9.17) is 14.2 Å². The molecule has 3 rings (SSSR count). The number of amides is 1. The van der Waals surface area contributed by atoms with Crippen molar-refractivity contribution >= 4 is 17.7 Å². The Kier molecular flexibility index (Phi) is 6.70. The number of nitrogens with one attached hydrogen (secondary N) is 1. The molecule has 0 atom stereocenters. The second-order valence-corrected chi connectivity index (χ2v) is 6.18. The summed E-state index contributed by atoms with van der Waals surface area (Å²) in [4.78, 5) is 12.6. The minimum atomic E-state index is -0.529. The third-order valence-corrected chi connectivity index (χ3v) is 4.15. The molecule has 1 amide bonds. The first-order chi connectivity index (χ1) is 14.6. The highest BCUT2D eigenvalue weighted by Gasteiger charge is 2.12. The molecule has 0 heterocycles. The van der Waals surface area contributed by atoms with E-state index < -0.39 is 5.91 Å². The maximum atomic E-state index is 12.6. The molecule has 0 fully saturated rings. The topological polar surface area (TPSA) is 80.6 Å². The number of ether oxygens (including phenoxy) is 3. The van der Waals surface area contributed by atoms with Crippen molar-refractivity contribution in [2.45, 2.75) is 0 Å². The van der Waals surface area contributed by atoms with Gasteiger partial charge in [-0.2, -0.15) is 5.26 Å². The van der Waals surface area contributed by atoms with E-state index in [0.29, 0.717) is 34.2 Å². The molecule has 3 aromatic carbocycles. The van der Waals surface area contributed by atoms with E-state index in [1.165, 1.54) is 20.3 Å². The first kappa shape index (κ1) is 20.5. The number of methoxy groups -OCH3 is 2. The van der Waals surface area contributed by atoms with Crippen LogP contribution in [0.4, 0.5) is 5.69 Å². The van der Waals surface area contributed by atoms with Gasteiger partial charge in [-0.05, 0) is 48.0 Å². The monoisotopic (exact) mass is 400 g/mol. The predicted molar refractivity (Wildman–Crippen MR) is 115 cm³/mol. The summed E-state index contributed by atoms with van der Waals surface area (Å²) < 4.78 is 16.2. The molecule has 0 spiro atoms. The number of benzene rings is 3. The fourth-order valence-electron chi connectivity index (χ4n) is 2.72. The molecule has 0 aromatic heterocycles. The number of para-hydroxylation sites is 1. The van der Waals surface area contributed by atoms with Crippen molar-refractivity contribution in [1.82, 2.24) is 0 Å². The van der Waals surface area contributed by atoms with Gasteiger partial charge in [0, 0.05) is 11.8 Å². The summed E-state index contributed by atoms with van der Waals surface area (Å²) in [6.45, 7) is 0. The van der Waals surface area contributed by atoms with Gasteiger partial charge in [0.05, 0.1) is 14.2 Å². The maximum absolute atomic E-state index is 12.6. The van der Waals surface area contributed by atoms with Gasteiger partial charge in [0.1, 0.15) is 23.1 Å². The Morgan fingerprint density at radius 1 is 0.900 bits per heavy atom. The number of hydrogen-bond acceptors (Lipinski definition) is 5. The van der Waals surface area contributed by atoms with Crippen molar-refractivity contribution < 1.29 is 19.0 Å². The Morgan fingerprint density at radius 2 is 1.63 bits per heavy atom. The minimum absolute atomic E-state index is 0.0401. The van der Waals surface area contributed by atoms with Crippen LogP contribution in [0.15, 0.2) is 78.4 Å². The van der Waals surface area contributed by atoms with Gasteiger partial charge in [0.15, 0.2) is 11.5 Å². The normalized spacial score (nSPS) is 10.6. The van der Waals surface area contributed by atoms with Crippen molar-refractivity contribution in [3.05, 3.63) is 83.9 Å². The molecule has 0 radical (unpaired) electrons. The number of nitriles is 1. The number of rotatable bonds is 7. The van der Waals surface area contributed by atoms with E-state index in [9.17, 15) is 10.1 Å². The molecule has 0 aliphatic carbocycles. The van der Waals surface area contributed by atoms with E-state index in [1.54, 1.807) is 42.5 Å². The number of carbonyl (C=O) groups is 1. The largest absolute Gasteiger partial charge is 0.493 e. The summed E-state index contributed by atoms with van der Waals surface area (Å²) in [6.07, 6.45) is 1.51. The Morgan fingerprint density at radius 3 is 2.33 bits per heavy atom. The summed E-state index contributed by atoms with van der Waals surface area (Å²) in [6, 6.07) is 23.4. The molecule has 6 nitrogen and oxygen atoms in total. The summed E-state index contributed by atoms with van der Waals surface area (Å²) >= 11 is 0. The quantitative estimate of drug-likeness (QED) is 0.444. The zero-order valence-corrected chi connectivity index (χ0v) is 16.6. The fraction of sp³-hybridized carbons (Fsp3) is 0.0833. The van der Waals surface area contributed by atoms with Gasteiger partial charge in [0.2, 0.25) is 0 Å². The van der Waals surface area contributed by atoms with Gasteiger partial charge < -0.3 is 19.5 Å². The number of hydrogen-bond donors (Lipinski definition) is 1. The number of carbonyl (C=O) groups excluding carboxylic acids is 1. The van der Waals surface area contributed by atoms with Crippen LogP contribution in [0.5, 0.6) is 23.0 Å². The molecule has 1 N–H and O–H groups in total. The van der Waals surface area contributed by atoms with Crippen LogP contribution in [0.3, 0.4) is 0 Å². The van der Waals surface area contributed by atoms with Crippen molar-refractivity contribution in [2.75, 3.05) is 19.5 Å². The molecule has 30 heavy (non-hydrogen) atoms. The van der Waals surface area contributed by atoms with Crippen molar-refractivity contribution in [3.8, 4) is 29.1 Å². The highest BCUT2D eigenvalue weighted by molar-refractivity contribution is 6.09. The van der Waals surface area contributed by atoms with Crippen LogP contribution < -0.4 is 19.5 Å². The second kappa shape index (κ2) is 9.80. The van der Waals surface area contributed by atoms with Crippen molar-refractivity contribution in [2.24, 2.45) is 0 Å². The molecule has 0 unspecified atom stereocenters. The van der Waals surface area contributed by atoms with Gasteiger partial charge in [-0.3, -0.25) is 4.79 Å². The van der Waals surface area contributed by atoms with E-state index in [-0.39, 0.29) is 5.57 Å². The Balaban J connectivity index is 1.77. The lowest BCUT2D eigenvalue weighted by Crippen LogP contribution is -2.13. The first-order valence-corrected chi connectivity index (χ1v) is 9.11. The molecule has 0 saturated heterocycles. The summed E-state index contributed by atoms with van der Waals surface area (Å²) in [5, 5.41) is 12.2. The Labute approximate surface area is 174 Å². The van der Waals surface area contributed by atoms with Gasteiger partial charge >= 0.3 is 0 Å². The first-order valence-electron chi connectivity index (χ1n) is 9.11. The molecule has 150 valence electrons. The zero-order valence-electron chi connectivity index (χ0n) is 16.6. The Bertz CT molecular complexity index is 1100. The number of nitrogens with zero attached hydrogens (tertiary/aromatic N) is 1. The average Bonchev–Trinajstić information content (AvgIpc) is 2.78. The van der Waals surface area contributed by atoms with Gasteiger partial charge in [-0.1, -0.05) is 30.3 Å². The minimum Gasteiger partial charge on any atom is -0.493 e. The third-order valence-electron chi connectivity index (χ3n) is 4.15. The third kappa shape index (κ3) is 5.18. The van der Waals surface area contributed by atoms with Crippen molar-refractivity contribution in [3.63, 3.8) is 0 Å². The zero-order chi connectivity index (χ0) is 21.3. The van der Waals surface area contributed by atoms with Gasteiger partial charge in [0.25, 0.3) is 5.91 Å². The van der Waals surface area contributed by atoms with E-state index in [1.807, 2.05) is 36.4 Å². The SMILES string of the molecule is COc1ccc(NC(=O)/C(C#N)=C/c2cccc(Oc3ccccc3)c2)cc1OC. The van der Waals surface area contributed by atoms with Crippen LogP contribution in [0.2, 0.25) is 0 Å². The molecule has 0 bridgehead atoms. The second-order valence-electron chi connectivity index (χ2n) is 6.18. The highest BCUT2D eigenvalue weighted by atomic mass is 16.5.